The van der Waals surface area contributed by atoms with Crippen LogP contribution in [-0.4, -0.2) is 29.3 Å². The maximum Gasteiger partial charge on any atom is 0.407 e. The summed E-state index contributed by atoms with van der Waals surface area (Å²) in [6.45, 7) is 9.51. The van der Waals surface area contributed by atoms with Crippen molar-refractivity contribution in [3.05, 3.63) is 0 Å². The minimum Gasteiger partial charge on any atom is -0.481 e. The molecule has 0 saturated carbocycles. The molecule has 0 heterocycles. The van der Waals surface area contributed by atoms with Gasteiger partial charge in [-0.2, -0.15) is 0 Å². The average Bonchev–Trinajstić information content (AvgIpc) is 2.33. The van der Waals surface area contributed by atoms with E-state index >= 15 is 0 Å². The van der Waals surface area contributed by atoms with Crippen molar-refractivity contribution in [2.24, 2.45) is 5.41 Å². The van der Waals surface area contributed by atoms with Crippen LogP contribution in [0.4, 0.5) is 4.79 Å². The molecule has 0 spiro atoms. The molecule has 0 fully saturated rings. The first-order chi connectivity index (χ1) is 9.67. The molecule has 0 aromatic carbocycles. The first-order valence-electron chi connectivity index (χ1n) is 7.87. The van der Waals surface area contributed by atoms with Crippen molar-refractivity contribution in [3.8, 4) is 0 Å². The molecule has 0 aromatic heterocycles. The van der Waals surface area contributed by atoms with E-state index in [1.54, 1.807) is 20.8 Å². The molecule has 0 radical (unpaired) electrons. The Bertz CT molecular complexity index is 336. The van der Waals surface area contributed by atoms with E-state index in [2.05, 4.69) is 12.2 Å². The first-order valence-corrected chi connectivity index (χ1v) is 7.87. The van der Waals surface area contributed by atoms with Gasteiger partial charge in [0.1, 0.15) is 5.60 Å². The fourth-order valence-corrected chi connectivity index (χ4v) is 2.34. The van der Waals surface area contributed by atoms with E-state index in [9.17, 15) is 14.7 Å². The minimum atomic E-state index is -0.888. The number of carboxylic acid groups (broad SMARTS) is 1. The lowest BCUT2D eigenvalue weighted by Crippen LogP contribution is -2.44. The summed E-state index contributed by atoms with van der Waals surface area (Å²) in [6, 6.07) is 0. The largest absolute Gasteiger partial charge is 0.481 e. The monoisotopic (exact) mass is 301 g/mol. The molecule has 5 heteroatoms. The van der Waals surface area contributed by atoms with Crippen LogP contribution >= 0.6 is 0 Å². The van der Waals surface area contributed by atoms with Crippen molar-refractivity contribution >= 4 is 12.1 Å². The highest BCUT2D eigenvalue weighted by molar-refractivity contribution is 5.76. The standard InChI is InChI=1S/C16H31NO4/c1-6-8-9-11-16(10-7-2,13(18)19)12-17-14(20)21-15(3,4)5/h6-12H2,1-5H3,(H,17,20)(H,18,19). The van der Waals surface area contributed by atoms with E-state index < -0.39 is 23.1 Å². The summed E-state index contributed by atoms with van der Waals surface area (Å²) >= 11 is 0. The number of unbranched alkanes of at least 4 members (excludes halogenated alkanes) is 2. The fourth-order valence-electron chi connectivity index (χ4n) is 2.34. The third-order valence-electron chi connectivity index (χ3n) is 3.41. The molecule has 1 atom stereocenters. The Hall–Kier alpha value is -1.26. The smallest absolute Gasteiger partial charge is 0.407 e. The molecule has 0 aliphatic carbocycles. The number of carboxylic acids is 1. The number of ether oxygens (including phenoxy) is 1. The average molecular weight is 301 g/mol. The SMILES string of the molecule is CCCCCC(CCC)(CNC(=O)OC(C)(C)C)C(=O)O. The molecule has 21 heavy (non-hydrogen) atoms. The molecule has 0 aromatic rings. The van der Waals surface area contributed by atoms with Gasteiger partial charge in [-0.25, -0.2) is 4.79 Å². The molecule has 1 unspecified atom stereocenters. The summed E-state index contributed by atoms with van der Waals surface area (Å²) in [5, 5.41) is 12.2. The molecule has 0 aliphatic rings. The molecule has 124 valence electrons. The van der Waals surface area contributed by atoms with Crippen molar-refractivity contribution in [2.75, 3.05) is 6.54 Å². The molecular weight excluding hydrogens is 270 g/mol. The van der Waals surface area contributed by atoms with Crippen molar-refractivity contribution in [1.82, 2.24) is 5.32 Å². The lowest BCUT2D eigenvalue weighted by molar-refractivity contribution is -0.149. The fraction of sp³-hybridized carbons (Fsp3) is 0.875. The second-order valence-electron chi connectivity index (χ2n) is 6.65. The predicted molar refractivity (Wildman–Crippen MR) is 83.4 cm³/mol. The van der Waals surface area contributed by atoms with Crippen LogP contribution in [0.3, 0.4) is 0 Å². The lowest BCUT2D eigenvalue weighted by Gasteiger charge is -2.30. The molecule has 0 rings (SSSR count). The van der Waals surface area contributed by atoms with Gasteiger partial charge in [0.25, 0.3) is 0 Å². The predicted octanol–water partition coefficient (Wildman–Crippen LogP) is 3.96. The Morgan fingerprint density at radius 3 is 2.10 bits per heavy atom. The van der Waals surface area contributed by atoms with Crippen molar-refractivity contribution < 1.29 is 19.4 Å². The topological polar surface area (TPSA) is 75.6 Å². The van der Waals surface area contributed by atoms with Gasteiger partial charge in [0.05, 0.1) is 5.41 Å². The zero-order valence-electron chi connectivity index (χ0n) is 14.1. The van der Waals surface area contributed by atoms with Gasteiger partial charge in [0, 0.05) is 6.54 Å². The van der Waals surface area contributed by atoms with Crippen LogP contribution in [0, 0.1) is 5.41 Å². The van der Waals surface area contributed by atoms with E-state index in [0.717, 1.165) is 25.7 Å². The summed E-state index contributed by atoms with van der Waals surface area (Å²) in [5.41, 5.74) is -1.47. The van der Waals surface area contributed by atoms with Crippen LogP contribution < -0.4 is 5.32 Å². The van der Waals surface area contributed by atoms with Crippen LogP contribution in [0.5, 0.6) is 0 Å². The Morgan fingerprint density at radius 1 is 1.05 bits per heavy atom. The van der Waals surface area contributed by atoms with E-state index in [-0.39, 0.29) is 6.54 Å². The Balaban J connectivity index is 4.72. The second-order valence-corrected chi connectivity index (χ2v) is 6.65. The summed E-state index contributed by atoms with van der Waals surface area (Å²) in [5.74, 6) is -0.837. The normalized spacial score (nSPS) is 14.3. The molecule has 1 amide bonds. The highest BCUT2D eigenvalue weighted by Crippen LogP contribution is 2.30. The van der Waals surface area contributed by atoms with Gasteiger partial charge in [-0.1, -0.05) is 39.5 Å². The molecule has 0 aliphatic heterocycles. The zero-order valence-corrected chi connectivity index (χ0v) is 14.1. The van der Waals surface area contributed by atoms with Gasteiger partial charge >= 0.3 is 12.1 Å². The van der Waals surface area contributed by atoms with Gasteiger partial charge < -0.3 is 15.2 Å². The van der Waals surface area contributed by atoms with E-state index in [1.807, 2.05) is 6.92 Å². The maximum atomic E-state index is 11.7. The second kappa shape index (κ2) is 8.90. The van der Waals surface area contributed by atoms with Gasteiger partial charge in [-0.15, -0.1) is 0 Å². The Kier molecular flexibility index (Phi) is 8.37. The van der Waals surface area contributed by atoms with E-state index in [4.69, 9.17) is 4.74 Å². The number of hydrogen-bond acceptors (Lipinski definition) is 3. The number of carbonyl (C=O) groups is 2. The van der Waals surface area contributed by atoms with E-state index in [1.165, 1.54) is 0 Å². The van der Waals surface area contributed by atoms with Gasteiger partial charge in [0.2, 0.25) is 0 Å². The van der Waals surface area contributed by atoms with Crippen LogP contribution in [0.1, 0.15) is 73.1 Å². The highest BCUT2D eigenvalue weighted by Gasteiger charge is 2.37. The number of carbonyl (C=O) groups excluding carboxylic acids is 1. The van der Waals surface area contributed by atoms with Gasteiger partial charge in [-0.05, 0) is 33.6 Å². The number of hydrogen-bond donors (Lipinski definition) is 2. The van der Waals surface area contributed by atoms with Crippen molar-refractivity contribution in [3.63, 3.8) is 0 Å². The highest BCUT2D eigenvalue weighted by atomic mass is 16.6. The number of aliphatic carboxylic acids is 1. The molecule has 0 saturated heterocycles. The number of amides is 1. The third kappa shape index (κ3) is 7.93. The van der Waals surface area contributed by atoms with Crippen LogP contribution in [0.2, 0.25) is 0 Å². The summed E-state index contributed by atoms with van der Waals surface area (Å²) in [6.07, 6.45) is 4.26. The number of nitrogens with one attached hydrogen (secondary N) is 1. The zero-order chi connectivity index (χ0) is 16.5. The summed E-state index contributed by atoms with van der Waals surface area (Å²) in [7, 11) is 0. The summed E-state index contributed by atoms with van der Waals surface area (Å²) in [4.78, 5) is 23.4. The molecule has 2 N–H and O–H groups in total. The van der Waals surface area contributed by atoms with Crippen LogP contribution in [0.25, 0.3) is 0 Å². The van der Waals surface area contributed by atoms with Gasteiger partial charge in [0.15, 0.2) is 0 Å². The number of rotatable bonds is 9. The quantitative estimate of drug-likeness (QED) is 0.632. The Morgan fingerprint density at radius 2 is 1.67 bits per heavy atom. The lowest BCUT2D eigenvalue weighted by atomic mass is 9.78. The summed E-state index contributed by atoms with van der Waals surface area (Å²) < 4.78 is 5.17. The Labute approximate surface area is 128 Å². The molecule has 5 nitrogen and oxygen atoms in total. The first kappa shape index (κ1) is 19.7. The van der Waals surface area contributed by atoms with Crippen LogP contribution in [-0.2, 0) is 9.53 Å². The molecule has 0 bridgehead atoms. The van der Waals surface area contributed by atoms with Crippen molar-refractivity contribution in [2.45, 2.75) is 78.7 Å². The van der Waals surface area contributed by atoms with E-state index in [0.29, 0.717) is 12.8 Å². The maximum absolute atomic E-state index is 11.7. The molecular formula is C16H31NO4. The number of alkyl carbamates (subject to hydrolysis) is 1. The van der Waals surface area contributed by atoms with Crippen LogP contribution in [0.15, 0.2) is 0 Å². The third-order valence-corrected chi connectivity index (χ3v) is 3.41. The minimum absolute atomic E-state index is 0.120. The van der Waals surface area contributed by atoms with Gasteiger partial charge in [-0.3, -0.25) is 4.79 Å². The van der Waals surface area contributed by atoms with Crippen molar-refractivity contribution in [1.29, 1.82) is 0 Å².